The average molecular weight is 331 g/mol. The lowest BCUT2D eigenvalue weighted by Gasteiger charge is -2.10. The second-order valence-electron chi connectivity index (χ2n) is 5.33. The monoisotopic (exact) mass is 331 g/mol. The van der Waals surface area contributed by atoms with E-state index in [1.165, 1.54) is 0 Å². The first-order chi connectivity index (χ1) is 11.5. The third kappa shape index (κ3) is 5.05. The van der Waals surface area contributed by atoms with Crippen LogP contribution in [0.15, 0.2) is 34.7 Å². The Bertz CT molecular complexity index is 724. The predicted octanol–water partition coefficient (Wildman–Crippen LogP) is 2.23. The van der Waals surface area contributed by atoms with Gasteiger partial charge in [0, 0.05) is 0 Å². The van der Waals surface area contributed by atoms with Crippen LogP contribution in [0.2, 0.25) is 0 Å². The topological polar surface area (TPSA) is 92.6 Å². The Morgan fingerprint density at radius 2 is 1.92 bits per heavy atom. The minimum absolute atomic E-state index is 0.305. The number of aryl methyl sites for hydroxylation is 3. The van der Waals surface area contributed by atoms with Crippen molar-refractivity contribution in [2.45, 2.75) is 20.8 Å². The molecule has 0 aliphatic carbocycles. The van der Waals surface area contributed by atoms with Gasteiger partial charge in [-0.2, -0.15) is 0 Å². The number of amides is 3. The fraction of sp³-hybridized carbons (Fsp3) is 0.294. The molecule has 2 rings (SSSR count). The third-order valence-electron chi connectivity index (χ3n) is 3.22. The summed E-state index contributed by atoms with van der Waals surface area (Å²) in [6.45, 7) is 6.04. The van der Waals surface area contributed by atoms with Crippen LogP contribution in [0.4, 0.5) is 4.79 Å². The Balaban J connectivity index is 1.66. The van der Waals surface area contributed by atoms with E-state index in [2.05, 4.69) is 16.2 Å². The molecule has 1 heterocycles. The van der Waals surface area contributed by atoms with E-state index in [9.17, 15) is 9.59 Å². The van der Waals surface area contributed by atoms with Gasteiger partial charge in [-0.25, -0.2) is 10.2 Å². The van der Waals surface area contributed by atoms with Gasteiger partial charge in [-0.1, -0.05) is 12.1 Å². The molecule has 128 valence electrons. The van der Waals surface area contributed by atoms with Crippen molar-refractivity contribution in [3.8, 4) is 5.75 Å². The van der Waals surface area contributed by atoms with Gasteiger partial charge in [0.1, 0.15) is 23.9 Å². The average Bonchev–Trinajstić information content (AvgIpc) is 2.88. The van der Waals surface area contributed by atoms with Crippen molar-refractivity contribution in [2.24, 2.45) is 0 Å². The van der Waals surface area contributed by atoms with Crippen molar-refractivity contribution in [3.05, 3.63) is 53.0 Å². The summed E-state index contributed by atoms with van der Waals surface area (Å²) in [6.07, 6.45) is 0. The molecule has 3 N–H and O–H groups in total. The van der Waals surface area contributed by atoms with Gasteiger partial charge in [0.15, 0.2) is 0 Å². The highest BCUT2D eigenvalue weighted by atomic mass is 16.5. The molecule has 7 heteroatoms. The Morgan fingerprint density at radius 1 is 1.12 bits per heavy atom. The summed E-state index contributed by atoms with van der Waals surface area (Å²) in [5.74, 6) is 1.45. The molecule has 0 aliphatic heterocycles. The van der Waals surface area contributed by atoms with E-state index < -0.39 is 11.9 Å². The lowest BCUT2D eigenvalue weighted by atomic mass is 10.2. The molecule has 24 heavy (non-hydrogen) atoms. The Hall–Kier alpha value is -2.96. The molecular formula is C17H21N3O4. The summed E-state index contributed by atoms with van der Waals surface area (Å²) in [7, 11) is 0. The van der Waals surface area contributed by atoms with Gasteiger partial charge >= 0.3 is 6.03 Å². The molecule has 2 aromatic rings. The molecule has 1 aromatic carbocycles. The van der Waals surface area contributed by atoms with Gasteiger partial charge in [0.2, 0.25) is 0 Å². The zero-order chi connectivity index (χ0) is 17.5. The summed E-state index contributed by atoms with van der Waals surface area (Å²) in [5, 5.41) is 2.58. The summed E-state index contributed by atoms with van der Waals surface area (Å²) in [6, 6.07) is 8.73. The molecule has 7 nitrogen and oxygen atoms in total. The summed E-state index contributed by atoms with van der Waals surface area (Å²) in [4.78, 5) is 23.5. The van der Waals surface area contributed by atoms with Crippen molar-refractivity contribution >= 4 is 11.9 Å². The van der Waals surface area contributed by atoms with E-state index in [0.29, 0.717) is 30.2 Å². The van der Waals surface area contributed by atoms with Crippen molar-refractivity contribution in [3.63, 3.8) is 0 Å². The number of urea groups is 1. The zero-order valence-corrected chi connectivity index (χ0v) is 13.9. The number of nitrogens with one attached hydrogen (secondary N) is 3. The summed E-state index contributed by atoms with van der Waals surface area (Å²) in [5.41, 5.74) is 6.08. The largest absolute Gasteiger partial charge is 0.492 e. The van der Waals surface area contributed by atoms with E-state index in [-0.39, 0.29) is 0 Å². The molecule has 0 saturated carbocycles. The van der Waals surface area contributed by atoms with Crippen LogP contribution < -0.4 is 20.9 Å². The molecule has 0 fully saturated rings. The molecule has 0 spiro atoms. The number of benzene rings is 1. The maximum atomic E-state index is 11.9. The van der Waals surface area contributed by atoms with E-state index in [4.69, 9.17) is 9.15 Å². The van der Waals surface area contributed by atoms with Crippen molar-refractivity contribution < 1.29 is 18.7 Å². The highest BCUT2D eigenvalue weighted by Gasteiger charge is 2.13. The van der Waals surface area contributed by atoms with E-state index in [1.807, 2.05) is 31.2 Å². The summed E-state index contributed by atoms with van der Waals surface area (Å²) < 4.78 is 10.8. The number of carbonyl (C=O) groups is 2. The van der Waals surface area contributed by atoms with Crippen LogP contribution in [0.5, 0.6) is 5.75 Å². The van der Waals surface area contributed by atoms with Crippen LogP contribution in [-0.4, -0.2) is 25.1 Å². The second-order valence-corrected chi connectivity index (χ2v) is 5.33. The standard InChI is InChI=1S/C17H21N3O4/c1-11-5-4-6-14(9-11)23-8-7-18-17(22)20-19-16(21)15-10-12(2)24-13(15)3/h4-6,9-10H,7-8H2,1-3H3,(H,19,21)(H2,18,20,22). The quantitative estimate of drug-likeness (QED) is 0.578. The predicted molar refractivity (Wildman–Crippen MR) is 88.9 cm³/mol. The Kier molecular flexibility index (Phi) is 5.83. The lowest BCUT2D eigenvalue weighted by Crippen LogP contribution is -2.47. The zero-order valence-electron chi connectivity index (χ0n) is 13.9. The second kappa shape index (κ2) is 8.05. The van der Waals surface area contributed by atoms with Gasteiger partial charge in [-0.3, -0.25) is 10.2 Å². The third-order valence-corrected chi connectivity index (χ3v) is 3.22. The number of rotatable bonds is 5. The normalized spacial score (nSPS) is 10.1. The molecule has 1 aromatic heterocycles. The van der Waals surface area contributed by atoms with Crippen molar-refractivity contribution in [1.29, 1.82) is 0 Å². The maximum absolute atomic E-state index is 11.9. The van der Waals surface area contributed by atoms with Crippen molar-refractivity contribution in [1.82, 2.24) is 16.2 Å². The number of ether oxygens (including phenoxy) is 1. The van der Waals surface area contributed by atoms with Crippen LogP contribution in [0.25, 0.3) is 0 Å². The Labute approximate surface area is 140 Å². The van der Waals surface area contributed by atoms with Crippen LogP contribution >= 0.6 is 0 Å². The first kappa shape index (κ1) is 17.4. The number of hydrazine groups is 1. The fourth-order valence-corrected chi connectivity index (χ4v) is 2.12. The minimum Gasteiger partial charge on any atom is -0.492 e. The molecular weight excluding hydrogens is 310 g/mol. The molecule has 0 saturated heterocycles. The molecule has 0 bridgehead atoms. The van der Waals surface area contributed by atoms with E-state index >= 15 is 0 Å². The van der Waals surface area contributed by atoms with Gasteiger partial charge in [0.25, 0.3) is 5.91 Å². The number of hydrogen-bond donors (Lipinski definition) is 3. The minimum atomic E-state index is -0.519. The first-order valence-electron chi connectivity index (χ1n) is 7.56. The van der Waals surface area contributed by atoms with Gasteiger partial charge < -0.3 is 14.5 Å². The van der Waals surface area contributed by atoms with Crippen molar-refractivity contribution in [2.75, 3.05) is 13.2 Å². The van der Waals surface area contributed by atoms with Gasteiger partial charge in [-0.15, -0.1) is 0 Å². The molecule has 0 radical (unpaired) electrons. The van der Waals surface area contributed by atoms with Gasteiger partial charge in [0.05, 0.1) is 12.1 Å². The van der Waals surface area contributed by atoms with Gasteiger partial charge in [-0.05, 0) is 44.5 Å². The first-order valence-corrected chi connectivity index (χ1v) is 7.56. The Morgan fingerprint density at radius 3 is 2.58 bits per heavy atom. The fourth-order valence-electron chi connectivity index (χ4n) is 2.12. The summed E-state index contributed by atoms with van der Waals surface area (Å²) >= 11 is 0. The van der Waals surface area contributed by atoms with Crippen LogP contribution in [0.3, 0.4) is 0 Å². The highest BCUT2D eigenvalue weighted by Crippen LogP contribution is 2.13. The molecule has 3 amide bonds. The number of hydrogen-bond acceptors (Lipinski definition) is 4. The molecule has 0 aliphatic rings. The lowest BCUT2D eigenvalue weighted by molar-refractivity contribution is 0.0934. The smallest absolute Gasteiger partial charge is 0.333 e. The SMILES string of the molecule is Cc1cccc(OCCNC(=O)NNC(=O)c2cc(C)oc2C)c1. The van der Waals surface area contributed by atoms with Crippen LogP contribution in [0.1, 0.15) is 27.4 Å². The van der Waals surface area contributed by atoms with Crippen LogP contribution in [-0.2, 0) is 0 Å². The molecule has 0 unspecified atom stereocenters. The van der Waals surface area contributed by atoms with E-state index in [0.717, 1.165) is 11.3 Å². The number of carbonyl (C=O) groups excluding carboxylic acids is 2. The molecule has 0 atom stereocenters. The van der Waals surface area contributed by atoms with E-state index in [1.54, 1.807) is 19.9 Å². The van der Waals surface area contributed by atoms with Crippen LogP contribution in [0, 0.1) is 20.8 Å². The number of furan rings is 1. The highest BCUT2D eigenvalue weighted by molar-refractivity contribution is 5.96. The maximum Gasteiger partial charge on any atom is 0.333 e.